The Morgan fingerprint density at radius 2 is 2.00 bits per heavy atom. The summed E-state index contributed by atoms with van der Waals surface area (Å²) >= 11 is 6.33. The Labute approximate surface area is 141 Å². The van der Waals surface area contributed by atoms with Gasteiger partial charge in [0.15, 0.2) is 0 Å². The van der Waals surface area contributed by atoms with E-state index < -0.39 is 6.61 Å². The number of nitrogens with two attached hydrogens (primary N) is 1. The number of fused-ring (bicyclic) bond motifs is 3. The number of aromatic nitrogens is 2. The Morgan fingerprint density at radius 1 is 1.21 bits per heavy atom. The monoisotopic (exact) mass is 349 g/mol. The molecular formula is C17H14ClF2N3O. The number of hydrogen-bond donors (Lipinski definition) is 1. The van der Waals surface area contributed by atoms with Crippen molar-refractivity contribution in [2.75, 3.05) is 0 Å². The third-order valence-electron chi connectivity index (χ3n) is 4.31. The second-order valence-corrected chi connectivity index (χ2v) is 6.12. The average molecular weight is 350 g/mol. The molecular weight excluding hydrogens is 336 g/mol. The van der Waals surface area contributed by atoms with Crippen LogP contribution in [0.3, 0.4) is 0 Å². The highest BCUT2D eigenvalue weighted by Crippen LogP contribution is 2.45. The molecule has 0 amide bonds. The fraction of sp³-hybridized carbons (Fsp3) is 0.235. The lowest BCUT2D eigenvalue weighted by molar-refractivity contribution is -0.0506. The van der Waals surface area contributed by atoms with Crippen LogP contribution in [0.2, 0.25) is 5.02 Å². The van der Waals surface area contributed by atoms with Gasteiger partial charge in [-0.3, -0.25) is 0 Å². The molecule has 2 atom stereocenters. The minimum atomic E-state index is -2.92. The van der Waals surface area contributed by atoms with Gasteiger partial charge in [0.1, 0.15) is 11.6 Å². The third kappa shape index (κ3) is 2.34. The first kappa shape index (κ1) is 15.4. The molecule has 124 valence electrons. The standard InChI is InChI=1S/C17H14ClF2N3O/c18-9-4-3-7-14(24-17(19)20)15(9)13-8-10(21)16-22-11-5-1-2-6-12(11)23(13)16/h1-7,10,13,17H,8,21H2. The summed E-state index contributed by atoms with van der Waals surface area (Å²) in [6.07, 6.45) is 0.524. The predicted octanol–water partition coefficient (Wildman–Crippen LogP) is 4.28. The smallest absolute Gasteiger partial charge is 0.387 e. The lowest BCUT2D eigenvalue weighted by Gasteiger charge is -2.20. The fourth-order valence-electron chi connectivity index (χ4n) is 3.39. The normalized spacial score (nSPS) is 19.9. The quantitative estimate of drug-likeness (QED) is 0.767. The summed E-state index contributed by atoms with van der Waals surface area (Å²) in [5, 5.41) is 0.371. The molecule has 2 N–H and O–H groups in total. The minimum absolute atomic E-state index is 0.0698. The molecule has 2 heterocycles. The van der Waals surface area contributed by atoms with Crippen LogP contribution in [-0.2, 0) is 0 Å². The Bertz CT molecular complexity index is 912. The van der Waals surface area contributed by atoms with Gasteiger partial charge in [-0.1, -0.05) is 29.8 Å². The molecule has 1 aliphatic rings. The molecule has 24 heavy (non-hydrogen) atoms. The van der Waals surface area contributed by atoms with Crippen molar-refractivity contribution in [1.29, 1.82) is 0 Å². The Balaban J connectivity index is 1.92. The average Bonchev–Trinajstić information content (AvgIpc) is 3.05. The van der Waals surface area contributed by atoms with Crippen LogP contribution in [-0.4, -0.2) is 16.2 Å². The molecule has 7 heteroatoms. The molecule has 1 aromatic heterocycles. The zero-order valence-corrected chi connectivity index (χ0v) is 13.3. The number of para-hydroxylation sites is 2. The minimum Gasteiger partial charge on any atom is -0.434 e. The number of benzene rings is 2. The molecule has 2 unspecified atom stereocenters. The molecule has 0 fully saturated rings. The molecule has 0 bridgehead atoms. The van der Waals surface area contributed by atoms with E-state index in [2.05, 4.69) is 9.72 Å². The molecule has 0 aliphatic carbocycles. The van der Waals surface area contributed by atoms with E-state index in [1.54, 1.807) is 12.1 Å². The summed E-state index contributed by atoms with van der Waals surface area (Å²) in [7, 11) is 0. The fourth-order valence-corrected chi connectivity index (χ4v) is 3.68. The van der Waals surface area contributed by atoms with Crippen molar-refractivity contribution in [3.8, 4) is 5.75 Å². The summed E-state index contributed by atoms with van der Waals surface area (Å²) in [5.74, 6) is 0.796. The van der Waals surface area contributed by atoms with Gasteiger partial charge in [0.2, 0.25) is 0 Å². The maximum atomic E-state index is 12.8. The van der Waals surface area contributed by atoms with Crippen molar-refractivity contribution >= 4 is 22.6 Å². The predicted molar refractivity (Wildman–Crippen MR) is 87.5 cm³/mol. The summed E-state index contributed by atoms with van der Waals surface area (Å²) < 4.78 is 32.2. The topological polar surface area (TPSA) is 53.1 Å². The van der Waals surface area contributed by atoms with Crippen LogP contribution < -0.4 is 10.5 Å². The van der Waals surface area contributed by atoms with Gasteiger partial charge in [-0.05, 0) is 30.7 Å². The highest BCUT2D eigenvalue weighted by molar-refractivity contribution is 6.31. The summed E-state index contributed by atoms with van der Waals surface area (Å²) in [6, 6.07) is 11.8. The summed E-state index contributed by atoms with van der Waals surface area (Å²) in [4.78, 5) is 4.58. The van der Waals surface area contributed by atoms with Gasteiger partial charge in [0.05, 0.1) is 23.1 Å². The van der Waals surface area contributed by atoms with Crippen molar-refractivity contribution in [2.24, 2.45) is 5.73 Å². The Kier molecular flexibility index (Phi) is 3.66. The molecule has 4 nitrogen and oxygen atoms in total. The molecule has 3 aromatic rings. The number of rotatable bonds is 3. The summed E-state index contributed by atoms with van der Waals surface area (Å²) in [5.41, 5.74) is 8.45. The van der Waals surface area contributed by atoms with E-state index in [1.165, 1.54) is 6.07 Å². The van der Waals surface area contributed by atoms with Crippen molar-refractivity contribution in [2.45, 2.75) is 25.1 Å². The first-order chi connectivity index (χ1) is 11.6. The van der Waals surface area contributed by atoms with Crippen molar-refractivity contribution in [3.05, 3.63) is 58.9 Å². The van der Waals surface area contributed by atoms with Gasteiger partial charge in [0.25, 0.3) is 0 Å². The van der Waals surface area contributed by atoms with Crippen LogP contribution in [0.1, 0.15) is 29.9 Å². The van der Waals surface area contributed by atoms with E-state index in [1.807, 2.05) is 28.8 Å². The number of hydrogen-bond acceptors (Lipinski definition) is 3. The van der Waals surface area contributed by atoms with E-state index >= 15 is 0 Å². The van der Waals surface area contributed by atoms with Crippen LogP contribution in [0.15, 0.2) is 42.5 Å². The highest BCUT2D eigenvalue weighted by atomic mass is 35.5. The van der Waals surface area contributed by atoms with Crippen LogP contribution in [0.4, 0.5) is 8.78 Å². The molecule has 0 saturated carbocycles. The molecule has 0 saturated heterocycles. The van der Waals surface area contributed by atoms with Gasteiger partial charge in [-0.25, -0.2) is 4.98 Å². The van der Waals surface area contributed by atoms with Gasteiger partial charge >= 0.3 is 6.61 Å². The number of nitrogens with zero attached hydrogens (tertiary/aromatic N) is 2. The molecule has 4 rings (SSSR count). The Morgan fingerprint density at radius 3 is 2.79 bits per heavy atom. The van der Waals surface area contributed by atoms with Gasteiger partial charge < -0.3 is 15.0 Å². The largest absolute Gasteiger partial charge is 0.434 e. The highest BCUT2D eigenvalue weighted by Gasteiger charge is 2.35. The molecule has 1 aliphatic heterocycles. The maximum absolute atomic E-state index is 12.8. The number of imidazole rings is 1. The van der Waals surface area contributed by atoms with Gasteiger partial charge in [-0.15, -0.1) is 0 Å². The van der Waals surface area contributed by atoms with Crippen LogP contribution in [0.25, 0.3) is 11.0 Å². The van der Waals surface area contributed by atoms with Crippen LogP contribution >= 0.6 is 11.6 Å². The zero-order chi connectivity index (χ0) is 16.8. The first-order valence-corrected chi connectivity index (χ1v) is 7.89. The number of halogens is 3. The van der Waals surface area contributed by atoms with Crippen LogP contribution in [0.5, 0.6) is 5.75 Å². The molecule has 0 spiro atoms. The molecule has 0 radical (unpaired) electrons. The van der Waals surface area contributed by atoms with Gasteiger partial charge in [0, 0.05) is 10.6 Å². The second kappa shape index (κ2) is 5.72. The van der Waals surface area contributed by atoms with Crippen molar-refractivity contribution < 1.29 is 13.5 Å². The second-order valence-electron chi connectivity index (χ2n) is 5.72. The maximum Gasteiger partial charge on any atom is 0.387 e. The lowest BCUT2D eigenvalue weighted by atomic mass is 10.0. The van der Waals surface area contributed by atoms with E-state index in [4.69, 9.17) is 17.3 Å². The van der Waals surface area contributed by atoms with E-state index in [9.17, 15) is 8.78 Å². The van der Waals surface area contributed by atoms with E-state index in [-0.39, 0.29) is 17.8 Å². The summed E-state index contributed by atoms with van der Waals surface area (Å²) in [6.45, 7) is -2.92. The number of ether oxygens (including phenoxy) is 1. The lowest BCUT2D eigenvalue weighted by Crippen LogP contribution is -2.11. The van der Waals surface area contributed by atoms with Crippen molar-refractivity contribution in [1.82, 2.24) is 9.55 Å². The third-order valence-corrected chi connectivity index (χ3v) is 4.64. The van der Waals surface area contributed by atoms with E-state index in [0.717, 1.165) is 16.9 Å². The van der Waals surface area contributed by atoms with Crippen LogP contribution in [0, 0.1) is 0 Å². The SMILES string of the molecule is NC1CC(c2c(Cl)cccc2OC(F)F)n2c1nc1ccccc12. The Hall–Kier alpha value is -2.18. The molecule has 2 aromatic carbocycles. The number of alkyl halides is 2. The van der Waals surface area contributed by atoms with E-state index in [0.29, 0.717) is 17.0 Å². The van der Waals surface area contributed by atoms with Gasteiger partial charge in [-0.2, -0.15) is 8.78 Å². The zero-order valence-electron chi connectivity index (χ0n) is 12.5. The first-order valence-electron chi connectivity index (χ1n) is 7.52. The van der Waals surface area contributed by atoms with Crippen molar-refractivity contribution in [3.63, 3.8) is 0 Å².